The highest BCUT2D eigenvalue weighted by molar-refractivity contribution is 7.18. The van der Waals surface area contributed by atoms with E-state index in [-0.39, 0.29) is 0 Å². The van der Waals surface area contributed by atoms with Crippen LogP contribution in [0.2, 0.25) is 0 Å². The third-order valence-electron chi connectivity index (χ3n) is 2.71. The molecular weight excluding hydrogens is 268 g/mol. The Morgan fingerprint density at radius 3 is 3.00 bits per heavy atom. The zero-order valence-electron chi connectivity index (χ0n) is 10.4. The van der Waals surface area contributed by atoms with Crippen molar-refractivity contribution in [2.45, 2.75) is 19.0 Å². The molecule has 0 bridgehead atoms. The van der Waals surface area contributed by atoms with Crippen LogP contribution in [0.25, 0.3) is 10.2 Å². The molecule has 3 nitrogen and oxygen atoms in total. The molecule has 2 rings (SSSR count). The molecule has 18 heavy (non-hydrogen) atoms. The van der Waals surface area contributed by atoms with Crippen LogP contribution in [-0.4, -0.2) is 30.6 Å². The van der Waals surface area contributed by atoms with Gasteiger partial charge in [-0.25, -0.2) is 4.98 Å². The molecule has 0 fully saturated rings. The normalized spacial score (nSPS) is 13.0. The van der Waals surface area contributed by atoms with Gasteiger partial charge in [-0.2, -0.15) is 0 Å². The number of para-hydroxylation sites is 1. The maximum absolute atomic E-state index is 5.77. The molecule has 5 heteroatoms. The third-order valence-corrected chi connectivity index (χ3v) is 3.96. The van der Waals surface area contributed by atoms with Crippen LogP contribution in [0.3, 0.4) is 0 Å². The van der Waals surface area contributed by atoms with Crippen LogP contribution in [0.4, 0.5) is 0 Å². The first-order valence-electron chi connectivity index (χ1n) is 5.96. The standard InChI is InChI=1S/C13H17ClN2OS/c1-17-9-10(6-7-14)15-8-13-16-11-4-2-3-5-12(11)18-13/h2-5,10,15H,6-9H2,1H3. The van der Waals surface area contributed by atoms with Gasteiger partial charge in [0.2, 0.25) is 0 Å². The molecule has 1 N–H and O–H groups in total. The van der Waals surface area contributed by atoms with Crippen molar-refractivity contribution in [1.82, 2.24) is 10.3 Å². The highest BCUT2D eigenvalue weighted by Gasteiger charge is 2.09. The quantitative estimate of drug-likeness (QED) is 0.794. The molecule has 0 saturated heterocycles. The molecule has 1 unspecified atom stereocenters. The predicted molar refractivity (Wildman–Crippen MR) is 77.5 cm³/mol. The van der Waals surface area contributed by atoms with Crippen molar-refractivity contribution in [2.75, 3.05) is 19.6 Å². The molecular formula is C13H17ClN2OS. The predicted octanol–water partition coefficient (Wildman–Crippen LogP) is 3.03. The number of hydrogen-bond acceptors (Lipinski definition) is 4. The minimum Gasteiger partial charge on any atom is -0.383 e. The van der Waals surface area contributed by atoms with Crippen molar-refractivity contribution in [3.8, 4) is 0 Å². The van der Waals surface area contributed by atoms with Crippen molar-refractivity contribution < 1.29 is 4.74 Å². The first-order valence-corrected chi connectivity index (χ1v) is 7.31. The van der Waals surface area contributed by atoms with E-state index in [1.165, 1.54) is 4.70 Å². The van der Waals surface area contributed by atoms with Gasteiger partial charge in [-0.15, -0.1) is 22.9 Å². The van der Waals surface area contributed by atoms with Gasteiger partial charge in [-0.05, 0) is 18.6 Å². The Balaban J connectivity index is 1.95. The minimum atomic E-state index is 0.291. The molecule has 1 heterocycles. The molecule has 0 saturated carbocycles. The fraction of sp³-hybridized carbons (Fsp3) is 0.462. The zero-order chi connectivity index (χ0) is 12.8. The van der Waals surface area contributed by atoms with E-state index in [1.54, 1.807) is 18.4 Å². The van der Waals surface area contributed by atoms with E-state index < -0.39 is 0 Å². The molecule has 0 aliphatic heterocycles. The average molecular weight is 285 g/mol. The molecule has 1 aromatic carbocycles. The van der Waals surface area contributed by atoms with Gasteiger partial charge in [0.25, 0.3) is 0 Å². The van der Waals surface area contributed by atoms with Crippen molar-refractivity contribution in [3.63, 3.8) is 0 Å². The van der Waals surface area contributed by atoms with Crippen LogP contribution in [0.15, 0.2) is 24.3 Å². The Kier molecular flexibility index (Phi) is 5.38. The number of ether oxygens (including phenoxy) is 1. The molecule has 0 aliphatic carbocycles. The van der Waals surface area contributed by atoms with Gasteiger partial charge in [-0.1, -0.05) is 12.1 Å². The highest BCUT2D eigenvalue weighted by Crippen LogP contribution is 2.21. The summed E-state index contributed by atoms with van der Waals surface area (Å²) in [5.74, 6) is 0.640. The van der Waals surface area contributed by atoms with Crippen LogP contribution in [0.5, 0.6) is 0 Å². The molecule has 0 aliphatic rings. The summed E-state index contributed by atoms with van der Waals surface area (Å²) >= 11 is 7.50. The number of methoxy groups -OCH3 is 1. The van der Waals surface area contributed by atoms with Gasteiger partial charge in [-0.3, -0.25) is 0 Å². The van der Waals surface area contributed by atoms with Gasteiger partial charge in [0, 0.05) is 25.6 Å². The summed E-state index contributed by atoms with van der Waals surface area (Å²) in [5.41, 5.74) is 1.07. The van der Waals surface area contributed by atoms with E-state index in [4.69, 9.17) is 16.3 Å². The second-order valence-electron chi connectivity index (χ2n) is 4.09. The van der Waals surface area contributed by atoms with Crippen LogP contribution in [-0.2, 0) is 11.3 Å². The SMILES string of the molecule is COCC(CCCl)NCc1nc2ccccc2s1. The number of fused-ring (bicyclic) bond motifs is 1. The average Bonchev–Trinajstić information content (AvgIpc) is 2.79. The largest absolute Gasteiger partial charge is 0.383 e. The summed E-state index contributed by atoms with van der Waals surface area (Å²) in [6.07, 6.45) is 0.903. The summed E-state index contributed by atoms with van der Waals surface area (Å²) < 4.78 is 6.40. The van der Waals surface area contributed by atoms with Gasteiger partial charge >= 0.3 is 0 Å². The molecule has 0 radical (unpaired) electrons. The summed E-state index contributed by atoms with van der Waals surface area (Å²) in [6.45, 7) is 1.45. The number of aromatic nitrogens is 1. The van der Waals surface area contributed by atoms with E-state index in [2.05, 4.69) is 16.4 Å². The molecule has 1 atom stereocenters. The molecule has 98 valence electrons. The number of halogens is 1. The minimum absolute atomic E-state index is 0.291. The van der Waals surface area contributed by atoms with Gasteiger partial charge in [0.15, 0.2) is 0 Å². The maximum atomic E-state index is 5.77. The van der Waals surface area contributed by atoms with E-state index in [0.29, 0.717) is 18.5 Å². The topological polar surface area (TPSA) is 34.1 Å². The summed E-state index contributed by atoms with van der Waals surface area (Å²) in [7, 11) is 1.71. The van der Waals surface area contributed by atoms with Crippen molar-refractivity contribution >= 4 is 33.2 Å². The Hall–Kier alpha value is -0.680. The lowest BCUT2D eigenvalue weighted by atomic mass is 10.2. The van der Waals surface area contributed by atoms with E-state index in [0.717, 1.165) is 23.5 Å². The second-order valence-corrected chi connectivity index (χ2v) is 5.58. The fourth-order valence-corrected chi connectivity index (χ4v) is 2.99. The third kappa shape index (κ3) is 3.65. The second kappa shape index (κ2) is 7.04. The summed E-state index contributed by atoms with van der Waals surface area (Å²) in [6, 6.07) is 8.49. The lowest BCUT2D eigenvalue weighted by molar-refractivity contribution is 0.164. The first kappa shape index (κ1) is 13.7. The van der Waals surface area contributed by atoms with Crippen LogP contribution >= 0.6 is 22.9 Å². The first-order chi connectivity index (χ1) is 8.83. The zero-order valence-corrected chi connectivity index (χ0v) is 11.9. The van der Waals surface area contributed by atoms with Crippen LogP contribution < -0.4 is 5.32 Å². The summed E-state index contributed by atoms with van der Waals surface area (Å²) in [5, 5.41) is 4.54. The number of nitrogens with one attached hydrogen (secondary N) is 1. The van der Waals surface area contributed by atoms with Gasteiger partial charge < -0.3 is 10.1 Å². The Morgan fingerprint density at radius 1 is 1.44 bits per heavy atom. The van der Waals surface area contributed by atoms with Gasteiger partial charge in [0.1, 0.15) is 5.01 Å². The lowest BCUT2D eigenvalue weighted by Crippen LogP contribution is -2.33. The monoisotopic (exact) mass is 284 g/mol. The van der Waals surface area contributed by atoms with Crippen LogP contribution in [0.1, 0.15) is 11.4 Å². The van der Waals surface area contributed by atoms with Crippen molar-refractivity contribution in [1.29, 1.82) is 0 Å². The molecule has 0 amide bonds. The van der Waals surface area contributed by atoms with Crippen molar-refractivity contribution in [3.05, 3.63) is 29.3 Å². The van der Waals surface area contributed by atoms with E-state index in [9.17, 15) is 0 Å². The Labute approximate surface area is 116 Å². The Morgan fingerprint density at radius 2 is 2.28 bits per heavy atom. The van der Waals surface area contributed by atoms with Crippen molar-refractivity contribution in [2.24, 2.45) is 0 Å². The fourth-order valence-electron chi connectivity index (χ4n) is 1.80. The molecule has 1 aromatic heterocycles. The van der Waals surface area contributed by atoms with Gasteiger partial charge in [0.05, 0.1) is 16.8 Å². The Bertz CT molecular complexity index is 450. The number of hydrogen-bond donors (Lipinski definition) is 1. The maximum Gasteiger partial charge on any atom is 0.108 e. The lowest BCUT2D eigenvalue weighted by Gasteiger charge is -2.15. The smallest absolute Gasteiger partial charge is 0.108 e. The number of rotatable bonds is 7. The van der Waals surface area contributed by atoms with Crippen LogP contribution in [0, 0.1) is 0 Å². The number of nitrogens with zero attached hydrogens (tertiary/aromatic N) is 1. The number of thiazole rings is 1. The number of benzene rings is 1. The number of alkyl halides is 1. The summed E-state index contributed by atoms with van der Waals surface area (Å²) in [4.78, 5) is 4.59. The molecule has 0 spiro atoms. The molecule has 2 aromatic rings. The highest BCUT2D eigenvalue weighted by atomic mass is 35.5. The van der Waals surface area contributed by atoms with E-state index >= 15 is 0 Å². The van der Waals surface area contributed by atoms with E-state index in [1.807, 2.05) is 18.2 Å².